The lowest BCUT2D eigenvalue weighted by Crippen LogP contribution is -2.67. The Morgan fingerprint density at radius 2 is 2.31 bits per heavy atom. The van der Waals surface area contributed by atoms with Gasteiger partial charge < -0.3 is 19.8 Å². The number of ether oxygens (including phenoxy) is 1. The Labute approximate surface area is 169 Å². The SMILES string of the molecule is CN=C(NCc1nc(-c2ccco2)n[nH]1)NC1C2CCOC2C1(C)C.I. The fourth-order valence-electron chi connectivity index (χ4n) is 4.02. The minimum atomic E-state index is 0. The third kappa shape index (κ3) is 3.34. The van der Waals surface area contributed by atoms with Gasteiger partial charge in [0.15, 0.2) is 11.7 Å². The number of aromatic nitrogens is 3. The van der Waals surface area contributed by atoms with Crippen molar-refractivity contribution in [2.75, 3.05) is 13.7 Å². The maximum atomic E-state index is 5.85. The Bertz CT molecular complexity index is 757. The highest BCUT2D eigenvalue weighted by Crippen LogP contribution is 2.52. The van der Waals surface area contributed by atoms with Crippen LogP contribution >= 0.6 is 24.0 Å². The van der Waals surface area contributed by atoms with Crippen LogP contribution in [0.5, 0.6) is 0 Å². The summed E-state index contributed by atoms with van der Waals surface area (Å²) in [5, 5.41) is 13.9. The van der Waals surface area contributed by atoms with E-state index in [-0.39, 0.29) is 29.4 Å². The molecule has 1 aliphatic carbocycles. The van der Waals surface area contributed by atoms with Crippen molar-refractivity contribution >= 4 is 29.9 Å². The zero-order valence-corrected chi connectivity index (χ0v) is 17.5. The van der Waals surface area contributed by atoms with E-state index in [2.05, 4.69) is 44.7 Å². The maximum Gasteiger partial charge on any atom is 0.216 e. The van der Waals surface area contributed by atoms with Gasteiger partial charge in [0.2, 0.25) is 5.82 Å². The van der Waals surface area contributed by atoms with Gasteiger partial charge >= 0.3 is 0 Å². The van der Waals surface area contributed by atoms with Crippen molar-refractivity contribution in [1.82, 2.24) is 25.8 Å². The molecule has 2 aromatic rings. The van der Waals surface area contributed by atoms with Crippen molar-refractivity contribution < 1.29 is 9.15 Å². The molecule has 8 nitrogen and oxygen atoms in total. The Balaban J connectivity index is 0.00000196. The summed E-state index contributed by atoms with van der Waals surface area (Å²) in [6, 6.07) is 4.01. The van der Waals surface area contributed by atoms with E-state index in [1.54, 1.807) is 13.3 Å². The molecule has 0 aromatic carbocycles. The molecule has 0 amide bonds. The molecule has 1 saturated carbocycles. The second-order valence-corrected chi connectivity index (χ2v) is 7.20. The third-order valence-corrected chi connectivity index (χ3v) is 5.31. The van der Waals surface area contributed by atoms with Gasteiger partial charge in [0.1, 0.15) is 5.82 Å². The average molecular weight is 472 g/mol. The van der Waals surface area contributed by atoms with E-state index in [1.165, 1.54) is 0 Å². The Morgan fingerprint density at radius 1 is 1.46 bits per heavy atom. The predicted molar refractivity (Wildman–Crippen MR) is 108 cm³/mol. The first-order valence-electron chi connectivity index (χ1n) is 8.63. The highest BCUT2D eigenvalue weighted by molar-refractivity contribution is 14.0. The zero-order chi connectivity index (χ0) is 17.4. The quantitative estimate of drug-likeness (QED) is 0.358. The van der Waals surface area contributed by atoms with Crippen LogP contribution < -0.4 is 10.6 Å². The van der Waals surface area contributed by atoms with E-state index in [9.17, 15) is 0 Å². The Kier molecular flexibility index (Phi) is 5.56. The lowest BCUT2D eigenvalue weighted by Gasteiger charge is -2.54. The predicted octanol–water partition coefficient (Wildman–Crippen LogP) is 2.16. The molecule has 142 valence electrons. The average Bonchev–Trinajstić information content (AvgIpc) is 3.34. The van der Waals surface area contributed by atoms with Gasteiger partial charge in [-0.1, -0.05) is 13.8 Å². The van der Waals surface area contributed by atoms with Crippen molar-refractivity contribution in [2.45, 2.75) is 39.0 Å². The molecule has 0 bridgehead atoms. The molecule has 9 heteroatoms. The number of nitrogens with zero attached hydrogens (tertiary/aromatic N) is 3. The lowest BCUT2D eigenvalue weighted by molar-refractivity contribution is -0.106. The number of fused-ring (bicyclic) bond motifs is 1. The van der Waals surface area contributed by atoms with Crippen molar-refractivity contribution in [3.8, 4) is 11.6 Å². The number of aromatic amines is 1. The van der Waals surface area contributed by atoms with Crippen LogP contribution in [0.1, 0.15) is 26.1 Å². The normalized spacial score (nSPS) is 26.6. The van der Waals surface area contributed by atoms with Crippen molar-refractivity contribution in [1.29, 1.82) is 0 Å². The van der Waals surface area contributed by atoms with E-state index in [0.29, 0.717) is 36.2 Å². The molecule has 1 saturated heterocycles. The van der Waals surface area contributed by atoms with E-state index >= 15 is 0 Å². The van der Waals surface area contributed by atoms with Crippen LogP contribution in [-0.4, -0.2) is 46.9 Å². The summed E-state index contributed by atoms with van der Waals surface area (Å²) in [6.45, 7) is 5.86. The van der Waals surface area contributed by atoms with Gasteiger partial charge in [-0.05, 0) is 18.6 Å². The van der Waals surface area contributed by atoms with Crippen LogP contribution in [0.2, 0.25) is 0 Å². The monoisotopic (exact) mass is 472 g/mol. The Morgan fingerprint density at radius 3 is 3.04 bits per heavy atom. The van der Waals surface area contributed by atoms with Crippen molar-refractivity contribution in [3.63, 3.8) is 0 Å². The van der Waals surface area contributed by atoms with E-state index in [0.717, 1.165) is 24.8 Å². The Hall–Kier alpha value is -1.62. The van der Waals surface area contributed by atoms with Crippen molar-refractivity contribution in [3.05, 3.63) is 24.2 Å². The molecule has 26 heavy (non-hydrogen) atoms. The summed E-state index contributed by atoms with van der Waals surface area (Å²) in [4.78, 5) is 8.76. The summed E-state index contributed by atoms with van der Waals surface area (Å²) < 4.78 is 11.2. The molecule has 3 heterocycles. The van der Waals surface area contributed by atoms with Crippen LogP contribution in [0, 0.1) is 11.3 Å². The number of H-pyrrole nitrogens is 1. The largest absolute Gasteiger partial charge is 0.461 e. The molecule has 4 rings (SSSR count). The lowest BCUT2D eigenvalue weighted by atomic mass is 9.57. The number of nitrogens with one attached hydrogen (secondary N) is 3. The minimum Gasteiger partial charge on any atom is -0.461 e. The fraction of sp³-hybridized carbons (Fsp3) is 0.588. The van der Waals surface area contributed by atoms with Gasteiger partial charge in [-0.25, -0.2) is 4.98 Å². The summed E-state index contributed by atoms with van der Waals surface area (Å²) >= 11 is 0. The summed E-state index contributed by atoms with van der Waals surface area (Å²) in [6.07, 6.45) is 3.07. The molecular weight excluding hydrogens is 447 g/mol. The fourth-order valence-corrected chi connectivity index (χ4v) is 4.02. The molecule has 0 spiro atoms. The zero-order valence-electron chi connectivity index (χ0n) is 15.2. The first-order valence-corrected chi connectivity index (χ1v) is 8.63. The number of aliphatic imine (C=N–C) groups is 1. The molecule has 2 aliphatic rings. The van der Waals surface area contributed by atoms with Crippen LogP contribution in [0.25, 0.3) is 11.6 Å². The summed E-state index contributed by atoms with van der Waals surface area (Å²) in [5.41, 5.74) is 0.109. The number of halogens is 1. The highest BCUT2D eigenvalue weighted by atomic mass is 127. The number of hydrogen-bond donors (Lipinski definition) is 3. The van der Waals surface area contributed by atoms with Gasteiger partial charge in [-0.2, -0.15) is 0 Å². The van der Waals surface area contributed by atoms with Crippen LogP contribution in [0.4, 0.5) is 0 Å². The van der Waals surface area contributed by atoms with E-state index in [4.69, 9.17) is 9.15 Å². The molecular formula is C17H25IN6O2. The van der Waals surface area contributed by atoms with Gasteiger partial charge in [-0.15, -0.1) is 29.1 Å². The molecule has 3 N–H and O–H groups in total. The van der Waals surface area contributed by atoms with E-state index in [1.807, 2.05) is 12.1 Å². The summed E-state index contributed by atoms with van der Waals surface area (Å²) in [5.74, 6) is 3.25. The standard InChI is InChI=1S/C17H24N6O2.HI/c1-17(2)13(10-6-8-25-14(10)17)21-16(18-3)19-9-12-20-15(23-22-12)11-5-4-7-24-11;/h4-5,7,10,13-14H,6,8-9H2,1-3H3,(H2,18,19,21)(H,20,22,23);1H. The number of rotatable bonds is 4. The number of furan rings is 1. The molecule has 3 atom stereocenters. The maximum absolute atomic E-state index is 5.85. The van der Waals surface area contributed by atoms with Crippen molar-refractivity contribution in [2.24, 2.45) is 16.3 Å². The molecule has 3 unspecified atom stereocenters. The molecule has 2 fully saturated rings. The number of guanidine groups is 1. The van der Waals surface area contributed by atoms with Gasteiger partial charge in [0, 0.05) is 31.0 Å². The minimum absolute atomic E-state index is 0. The molecule has 0 radical (unpaired) electrons. The highest BCUT2D eigenvalue weighted by Gasteiger charge is 2.59. The number of hydrogen-bond acceptors (Lipinski definition) is 5. The summed E-state index contributed by atoms with van der Waals surface area (Å²) in [7, 11) is 1.78. The third-order valence-electron chi connectivity index (χ3n) is 5.31. The first kappa shape index (κ1) is 19.2. The van der Waals surface area contributed by atoms with Crippen LogP contribution in [-0.2, 0) is 11.3 Å². The second kappa shape index (κ2) is 7.55. The molecule has 1 aliphatic heterocycles. The van der Waals surface area contributed by atoms with Crippen LogP contribution in [0.3, 0.4) is 0 Å². The second-order valence-electron chi connectivity index (χ2n) is 7.20. The van der Waals surface area contributed by atoms with E-state index < -0.39 is 0 Å². The smallest absolute Gasteiger partial charge is 0.216 e. The van der Waals surface area contributed by atoms with Gasteiger partial charge in [-0.3, -0.25) is 10.1 Å². The van der Waals surface area contributed by atoms with Gasteiger partial charge in [0.05, 0.1) is 18.9 Å². The first-order chi connectivity index (χ1) is 12.1. The topological polar surface area (TPSA) is 100 Å². The van der Waals surface area contributed by atoms with Crippen LogP contribution in [0.15, 0.2) is 27.8 Å². The van der Waals surface area contributed by atoms with Gasteiger partial charge in [0.25, 0.3) is 0 Å². The molecule has 2 aromatic heterocycles.